The molecule has 0 fully saturated rings. The number of ether oxygens (including phenoxy) is 2. The normalized spacial score (nSPS) is 12.6. The van der Waals surface area contributed by atoms with Gasteiger partial charge in [0.25, 0.3) is 0 Å². The average molecular weight is 339 g/mol. The van der Waals surface area contributed by atoms with Crippen LogP contribution in [0, 0.1) is 5.92 Å². The van der Waals surface area contributed by atoms with Gasteiger partial charge in [0.15, 0.2) is 0 Å². The number of benzene rings is 2. The summed E-state index contributed by atoms with van der Waals surface area (Å²) in [5.41, 5.74) is 2.50. The molecule has 0 aliphatic heterocycles. The lowest BCUT2D eigenvalue weighted by Crippen LogP contribution is -2.10. The van der Waals surface area contributed by atoms with Crippen LogP contribution in [-0.4, -0.2) is 18.8 Å². The van der Waals surface area contributed by atoms with Crippen LogP contribution in [0.1, 0.15) is 39.5 Å². The highest BCUT2D eigenvalue weighted by atomic mass is 16.5. The van der Waals surface area contributed by atoms with Crippen molar-refractivity contribution in [1.82, 2.24) is 4.57 Å². The zero-order valence-corrected chi connectivity index (χ0v) is 15.8. The van der Waals surface area contributed by atoms with E-state index in [0.717, 1.165) is 18.0 Å². The van der Waals surface area contributed by atoms with E-state index in [0.29, 0.717) is 5.92 Å². The van der Waals surface area contributed by atoms with Crippen molar-refractivity contribution in [3.8, 4) is 11.5 Å². The van der Waals surface area contributed by atoms with Crippen molar-refractivity contribution in [2.24, 2.45) is 5.92 Å². The Morgan fingerprint density at radius 3 is 1.88 bits per heavy atom. The van der Waals surface area contributed by atoms with Crippen LogP contribution in [0.25, 0.3) is 21.8 Å². The minimum absolute atomic E-state index is 0.691. The van der Waals surface area contributed by atoms with Crippen molar-refractivity contribution < 1.29 is 9.47 Å². The number of methoxy groups -OCH3 is 2. The summed E-state index contributed by atoms with van der Waals surface area (Å²) in [6.45, 7) is 5.61. The van der Waals surface area contributed by atoms with E-state index in [-0.39, 0.29) is 0 Å². The average Bonchev–Trinajstić information content (AvgIpc) is 2.96. The molecular weight excluding hydrogens is 310 g/mol. The monoisotopic (exact) mass is 339 g/mol. The Hall–Kier alpha value is -2.16. The predicted octanol–water partition coefficient (Wildman–Crippen LogP) is 6.03. The third kappa shape index (κ3) is 3.46. The van der Waals surface area contributed by atoms with Gasteiger partial charge in [0.2, 0.25) is 0 Å². The highest BCUT2D eigenvalue weighted by molar-refractivity contribution is 6.08. The summed E-state index contributed by atoms with van der Waals surface area (Å²) in [4.78, 5) is 0. The van der Waals surface area contributed by atoms with Gasteiger partial charge in [-0.3, -0.25) is 0 Å². The molecule has 1 atom stereocenters. The third-order valence-electron chi connectivity index (χ3n) is 5.27. The first-order chi connectivity index (χ1) is 12.2. The fraction of sp³-hybridized carbons (Fsp3) is 0.455. The molecule has 0 N–H and O–H groups in total. The lowest BCUT2D eigenvalue weighted by molar-refractivity contribution is 0.398. The minimum Gasteiger partial charge on any atom is -0.497 e. The zero-order valence-electron chi connectivity index (χ0n) is 15.8. The fourth-order valence-corrected chi connectivity index (χ4v) is 3.68. The molecule has 2 aromatic carbocycles. The number of aromatic nitrogens is 1. The Bertz CT molecular complexity index is 789. The maximum absolute atomic E-state index is 5.48. The van der Waals surface area contributed by atoms with E-state index >= 15 is 0 Å². The van der Waals surface area contributed by atoms with Gasteiger partial charge in [-0.2, -0.15) is 0 Å². The summed E-state index contributed by atoms with van der Waals surface area (Å²) in [5.74, 6) is 2.51. The van der Waals surface area contributed by atoms with E-state index in [9.17, 15) is 0 Å². The molecule has 3 aromatic rings. The van der Waals surface area contributed by atoms with Gasteiger partial charge in [0, 0.05) is 29.4 Å². The van der Waals surface area contributed by atoms with Gasteiger partial charge < -0.3 is 14.0 Å². The molecule has 1 unspecified atom stereocenters. The summed E-state index contributed by atoms with van der Waals surface area (Å²) in [7, 11) is 3.46. The van der Waals surface area contributed by atoms with Crippen LogP contribution in [0.5, 0.6) is 11.5 Å². The third-order valence-corrected chi connectivity index (χ3v) is 5.27. The summed E-state index contributed by atoms with van der Waals surface area (Å²) in [5, 5.41) is 2.56. The van der Waals surface area contributed by atoms with Gasteiger partial charge in [-0.25, -0.2) is 0 Å². The van der Waals surface area contributed by atoms with Gasteiger partial charge in [0.05, 0.1) is 25.3 Å². The second-order valence-electron chi connectivity index (χ2n) is 6.79. The van der Waals surface area contributed by atoms with Crippen LogP contribution in [0.2, 0.25) is 0 Å². The van der Waals surface area contributed by atoms with Crippen LogP contribution >= 0.6 is 0 Å². The molecule has 0 saturated heterocycles. The van der Waals surface area contributed by atoms with E-state index in [4.69, 9.17) is 9.47 Å². The Labute approximate surface area is 150 Å². The van der Waals surface area contributed by atoms with Crippen LogP contribution in [0.4, 0.5) is 0 Å². The SMILES string of the molecule is CCCCC(CC)Cn1c2cc(OC)ccc2c2ccc(OC)cc21. The highest BCUT2D eigenvalue weighted by Gasteiger charge is 2.15. The molecule has 0 spiro atoms. The summed E-state index contributed by atoms with van der Waals surface area (Å²) in [6, 6.07) is 12.8. The van der Waals surface area contributed by atoms with E-state index in [1.165, 1.54) is 47.5 Å². The Kier molecular flexibility index (Phi) is 5.52. The first-order valence-electron chi connectivity index (χ1n) is 9.35. The predicted molar refractivity (Wildman–Crippen MR) is 106 cm³/mol. The van der Waals surface area contributed by atoms with Crippen LogP contribution in [0.3, 0.4) is 0 Å². The van der Waals surface area contributed by atoms with Crippen molar-refractivity contribution in [1.29, 1.82) is 0 Å². The van der Waals surface area contributed by atoms with Crippen molar-refractivity contribution in [2.75, 3.05) is 14.2 Å². The zero-order chi connectivity index (χ0) is 17.8. The smallest absolute Gasteiger partial charge is 0.120 e. The molecule has 25 heavy (non-hydrogen) atoms. The van der Waals surface area contributed by atoms with Crippen molar-refractivity contribution >= 4 is 21.8 Å². The molecule has 0 radical (unpaired) electrons. The lowest BCUT2D eigenvalue weighted by atomic mass is 9.99. The summed E-state index contributed by atoms with van der Waals surface area (Å²) in [6.07, 6.45) is 5.03. The minimum atomic E-state index is 0.691. The molecular formula is C22H29NO2. The van der Waals surface area contributed by atoms with Gasteiger partial charge in [-0.15, -0.1) is 0 Å². The quantitative estimate of drug-likeness (QED) is 0.500. The van der Waals surface area contributed by atoms with E-state index in [2.05, 4.69) is 42.7 Å². The Morgan fingerprint density at radius 1 is 0.880 bits per heavy atom. The number of unbranched alkanes of at least 4 members (excludes halogenated alkanes) is 1. The van der Waals surface area contributed by atoms with Crippen LogP contribution < -0.4 is 9.47 Å². The first kappa shape index (κ1) is 17.7. The Morgan fingerprint density at radius 2 is 1.44 bits per heavy atom. The molecule has 3 nitrogen and oxygen atoms in total. The number of rotatable bonds is 8. The van der Waals surface area contributed by atoms with Crippen LogP contribution in [0.15, 0.2) is 36.4 Å². The van der Waals surface area contributed by atoms with E-state index in [1.54, 1.807) is 14.2 Å². The summed E-state index contributed by atoms with van der Waals surface area (Å²) < 4.78 is 13.4. The second kappa shape index (κ2) is 7.81. The Balaban J connectivity index is 2.16. The maximum atomic E-state index is 5.48. The van der Waals surface area contributed by atoms with E-state index < -0.39 is 0 Å². The van der Waals surface area contributed by atoms with Crippen molar-refractivity contribution in [2.45, 2.75) is 46.1 Å². The number of fused-ring (bicyclic) bond motifs is 3. The molecule has 0 amide bonds. The summed E-state index contributed by atoms with van der Waals surface area (Å²) >= 11 is 0. The van der Waals surface area contributed by atoms with Gasteiger partial charge in [-0.1, -0.05) is 33.1 Å². The number of nitrogens with zero attached hydrogens (tertiary/aromatic N) is 1. The second-order valence-corrected chi connectivity index (χ2v) is 6.79. The van der Waals surface area contributed by atoms with Gasteiger partial charge >= 0.3 is 0 Å². The highest BCUT2D eigenvalue weighted by Crippen LogP contribution is 2.34. The molecule has 0 bridgehead atoms. The largest absolute Gasteiger partial charge is 0.497 e. The molecule has 3 heteroatoms. The lowest BCUT2D eigenvalue weighted by Gasteiger charge is -2.17. The maximum Gasteiger partial charge on any atom is 0.120 e. The molecule has 0 aliphatic carbocycles. The van der Waals surface area contributed by atoms with Crippen LogP contribution in [-0.2, 0) is 6.54 Å². The standard InChI is InChI=1S/C22H29NO2/c1-5-7-8-16(6-2)15-23-21-13-17(24-3)9-11-19(21)20-12-10-18(25-4)14-22(20)23/h9-14,16H,5-8,15H2,1-4H3. The van der Waals surface area contributed by atoms with Crippen molar-refractivity contribution in [3.05, 3.63) is 36.4 Å². The molecule has 1 aromatic heterocycles. The molecule has 134 valence electrons. The van der Waals surface area contributed by atoms with E-state index in [1.807, 2.05) is 12.1 Å². The molecule has 0 aliphatic rings. The molecule has 3 rings (SSSR count). The van der Waals surface area contributed by atoms with Crippen molar-refractivity contribution in [3.63, 3.8) is 0 Å². The molecule has 0 saturated carbocycles. The fourth-order valence-electron chi connectivity index (χ4n) is 3.68. The number of hydrogen-bond acceptors (Lipinski definition) is 2. The topological polar surface area (TPSA) is 23.4 Å². The van der Waals surface area contributed by atoms with Gasteiger partial charge in [-0.05, 0) is 36.6 Å². The molecule has 1 heterocycles. The number of hydrogen-bond donors (Lipinski definition) is 0. The first-order valence-corrected chi connectivity index (χ1v) is 9.35. The van der Waals surface area contributed by atoms with Gasteiger partial charge in [0.1, 0.15) is 11.5 Å².